The molecule has 0 spiro atoms. The Kier molecular flexibility index (Phi) is 20.1. The number of hydrogen-bond donors (Lipinski definition) is 3. The minimum absolute atomic E-state index is 0. The van der Waals surface area contributed by atoms with Crippen LogP contribution in [0.2, 0.25) is 0 Å². The van der Waals surface area contributed by atoms with Crippen LogP contribution in [-0.2, 0) is 4.79 Å². The van der Waals surface area contributed by atoms with Gasteiger partial charge in [0, 0.05) is 6.42 Å². The van der Waals surface area contributed by atoms with Gasteiger partial charge in [-0.25, -0.2) is 0 Å². The van der Waals surface area contributed by atoms with Crippen LogP contribution in [0.5, 0.6) is 0 Å². The van der Waals surface area contributed by atoms with Crippen LogP contribution in [-0.4, -0.2) is 52.4 Å². The third-order valence-electron chi connectivity index (χ3n) is 4.19. The van der Waals surface area contributed by atoms with Crippen LogP contribution in [0.3, 0.4) is 0 Å². The monoisotopic (exact) mass is 324 g/mol. The molecule has 2 unspecified atom stereocenters. The molecule has 0 aliphatic heterocycles. The van der Waals surface area contributed by atoms with Crippen molar-refractivity contribution in [3.05, 3.63) is 0 Å². The van der Waals surface area contributed by atoms with Crippen LogP contribution >= 0.6 is 0 Å². The first-order chi connectivity index (χ1) is 10.6. The van der Waals surface area contributed by atoms with Crippen molar-refractivity contribution >= 4 is 24.8 Å². The fourth-order valence-electron chi connectivity index (χ4n) is 2.68. The van der Waals surface area contributed by atoms with E-state index in [1.54, 1.807) is 0 Å². The molecule has 0 heterocycles. The molecule has 0 rings (SSSR count). The van der Waals surface area contributed by atoms with E-state index in [2.05, 4.69) is 6.92 Å². The summed E-state index contributed by atoms with van der Waals surface area (Å²) >= 11 is 0. The van der Waals surface area contributed by atoms with Gasteiger partial charge in [0.15, 0.2) is 0 Å². The summed E-state index contributed by atoms with van der Waals surface area (Å²) in [5, 5.41) is 28.3. The molecule has 0 saturated heterocycles. The van der Waals surface area contributed by atoms with Gasteiger partial charge in [-0.1, -0.05) is 71.1 Å². The third kappa shape index (κ3) is 18.2. The van der Waals surface area contributed by atoms with E-state index in [4.69, 9.17) is 5.11 Å². The first kappa shape index (κ1) is 25.2. The van der Waals surface area contributed by atoms with Crippen molar-refractivity contribution in [2.75, 3.05) is 0 Å². The van der Waals surface area contributed by atoms with Gasteiger partial charge in [-0.15, -0.1) is 0 Å². The second-order valence-corrected chi connectivity index (χ2v) is 6.39. The molecule has 0 amide bonds. The number of aliphatic hydroxyl groups is 2. The molecule has 23 heavy (non-hydrogen) atoms. The fraction of sp³-hybridized carbons (Fsp3) is 0.944. The van der Waals surface area contributed by atoms with Crippen molar-refractivity contribution in [1.29, 1.82) is 0 Å². The van der Waals surface area contributed by atoms with Crippen LogP contribution < -0.4 is 0 Å². The van der Waals surface area contributed by atoms with E-state index in [1.165, 1.54) is 25.7 Å². The molecular formula is C18H37LiO4. The van der Waals surface area contributed by atoms with Crippen molar-refractivity contribution in [2.24, 2.45) is 0 Å². The summed E-state index contributed by atoms with van der Waals surface area (Å²) in [4.78, 5) is 10.4. The van der Waals surface area contributed by atoms with E-state index < -0.39 is 18.2 Å². The van der Waals surface area contributed by atoms with E-state index >= 15 is 0 Å². The van der Waals surface area contributed by atoms with Gasteiger partial charge < -0.3 is 15.3 Å². The Bertz CT molecular complexity index is 261. The summed E-state index contributed by atoms with van der Waals surface area (Å²) in [6, 6.07) is 0. The van der Waals surface area contributed by atoms with Gasteiger partial charge in [-0.05, 0) is 19.3 Å². The topological polar surface area (TPSA) is 77.8 Å². The number of unbranched alkanes of at least 4 members (excludes halogenated alkanes) is 9. The predicted molar refractivity (Wildman–Crippen MR) is 97.1 cm³/mol. The Morgan fingerprint density at radius 2 is 1.13 bits per heavy atom. The third-order valence-corrected chi connectivity index (χ3v) is 4.19. The molecule has 0 bridgehead atoms. The number of rotatable bonds is 16. The molecule has 0 aliphatic rings. The van der Waals surface area contributed by atoms with Gasteiger partial charge in [-0.3, -0.25) is 4.79 Å². The first-order valence-electron chi connectivity index (χ1n) is 9.15. The van der Waals surface area contributed by atoms with Gasteiger partial charge in [0.25, 0.3) is 0 Å². The zero-order chi connectivity index (χ0) is 16.6. The van der Waals surface area contributed by atoms with Crippen LogP contribution in [0.4, 0.5) is 0 Å². The minimum atomic E-state index is -0.728. The maximum absolute atomic E-state index is 10.4. The molecule has 0 aromatic carbocycles. The van der Waals surface area contributed by atoms with E-state index in [1.807, 2.05) is 0 Å². The zero-order valence-electron chi connectivity index (χ0n) is 14.3. The molecule has 5 heteroatoms. The van der Waals surface area contributed by atoms with Crippen molar-refractivity contribution < 1.29 is 20.1 Å². The molecule has 0 radical (unpaired) electrons. The summed E-state index contributed by atoms with van der Waals surface area (Å²) in [5.41, 5.74) is 0. The Labute approximate surface area is 154 Å². The summed E-state index contributed by atoms with van der Waals surface area (Å²) < 4.78 is 0. The summed E-state index contributed by atoms with van der Waals surface area (Å²) in [6.45, 7) is 2.20. The van der Waals surface area contributed by atoms with Crippen LogP contribution in [0.15, 0.2) is 0 Å². The first-order valence-corrected chi connectivity index (χ1v) is 9.15. The standard InChI is InChI=1S/C18H36O4.Li.H/c1-2-3-4-5-7-10-13-16(19)17(20)14-11-8-6-9-12-15-18(21)22;;/h16-17,19-20H,2-15H2,1H3,(H,21,22);;. The van der Waals surface area contributed by atoms with Gasteiger partial charge in [0.05, 0.1) is 12.2 Å². The Morgan fingerprint density at radius 3 is 1.57 bits per heavy atom. The Morgan fingerprint density at radius 1 is 0.739 bits per heavy atom. The Balaban J connectivity index is 0. The van der Waals surface area contributed by atoms with Gasteiger partial charge in [0.1, 0.15) is 0 Å². The second-order valence-electron chi connectivity index (χ2n) is 6.39. The SMILES string of the molecule is CCCCCCCCC(O)C(O)CCCCCCCC(=O)O.[LiH]. The quantitative estimate of drug-likeness (QED) is 0.299. The number of carboxylic acids is 1. The number of aliphatic carboxylic acids is 1. The molecule has 4 nitrogen and oxygen atoms in total. The van der Waals surface area contributed by atoms with E-state index in [0.29, 0.717) is 12.8 Å². The molecule has 0 saturated carbocycles. The molecule has 3 N–H and O–H groups in total. The second kappa shape index (κ2) is 18.3. The number of aliphatic hydroxyl groups excluding tert-OH is 2. The number of carbonyl (C=O) groups is 1. The fourth-order valence-corrected chi connectivity index (χ4v) is 2.68. The van der Waals surface area contributed by atoms with Gasteiger partial charge in [0.2, 0.25) is 0 Å². The number of carboxylic acid groups (broad SMARTS) is 1. The predicted octanol–water partition coefficient (Wildman–Crippen LogP) is 3.63. The maximum atomic E-state index is 10.4. The van der Waals surface area contributed by atoms with Crippen LogP contribution in [0, 0.1) is 0 Å². The molecule has 134 valence electrons. The van der Waals surface area contributed by atoms with Crippen LogP contribution in [0.1, 0.15) is 96.8 Å². The summed E-state index contributed by atoms with van der Waals surface area (Å²) in [6.07, 6.45) is 12.2. The van der Waals surface area contributed by atoms with Crippen molar-refractivity contribution in [3.63, 3.8) is 0 Å². The van der Waals surface area contributed by atoms with Crippen LogP contribution in [0.25, 0.3) is 0 Å². The van der Waals surface area contributed by atoms with Gasteiger partial charge in [-0.2, -0.15) is 0 Å². The zero-order valence-corrected chi connectivity index (χ0v) is 14.3. The van der Waals surface area contributed by atoms with E-state index in [0.717, 1.165) is 44.9 Å². The van der Waals surface area contributed by atoms with Crippen molar-refractivity contribution in [2.45, 2.75) is 109 Å². The Hall–Kier alpha value is -0.0126. The van der Waals surface area contributed by atoms with E-state index in [9.17, 15) is 15.0 Å². The molecule has 0 fully saturated rings. The molecule has 2 atom stereocenters. The molecule has 0 aromatic rings. The van der Waals surface area contributed by atoms with Gasteiger partial charge >= 0.3 is 24.8 Å². The average Bonchev–Trinajstić information content (AvgIpc) is 2.49. The molecule has 0 aliphatic carbocycles. The van der Waals surface area contributed by atoms with Crippen molar-refractivity contribution in [1.82, 2.24) is 0 Å². The molecule has 0 aromatic heterocycles. The average molecular weight is 324 g/mol. The summed E-state index contributed by atoms with van der Waals surface area (Å²) in [5.74, 6) is -0.728. The molecular weight excluding hydrogens is 287 g/mol. The number of hydrogen-bond acceptors (Lipinski definition) is 3. The van der Waals surface area contributed by atoms with Crippen molar-refractivity contribution in [3.8, 4) is 0 Å². The van der Waals surface area contributed by atoms with E-state index in [-0.39, 0.29) is 25.3 Å². The normalized spacial score (nSPS) is 13.3. The summed E-state index contributed by atoms with van der Waals surface area (Å²) in [7, 11) is 0.